The Morgan fingerprint density at radius 3 is 1.44 bits per heavy atom. The molecule has 2 aliphatic heterocycles. The molecule has 0 saturated heterocycles. The highest BCUT2D eigenvalue weighted by molar-refractivity contribution is 6.34. The average molecular weight is 760 g/mol. The third-order valence-electron chi connectivity index (χ3n) is 11.6. The number of rotatable bonds is 16. The molecule has 292 valence electrons. The maximum absolute atomic E-state index is 5.29. The summed E-state index contributed by atoms with van der Waals surface area (Å²) in [4.78, 5) is 0. The summed E-state index contributed by atoms with van der Waals surface area (Å²) in [5, 5.41) is 17.3. The fourth-order valence-corrected chi connectivity index (χ4v) is 8.18. The molecule has 5 aromatic rings. The van der Waals surface area contributed by atoms with E-state index in [9.17, 15) is 0 Å². The van der Waals surface area contributed by atoms with E-state index in [1.807, 2.05) is 54.4 Å². The SMILES string of the molecule is COc1ccc(Nc2ccc(N(C)/N=C/C3=[N+](CCCCCC[N+]4=C(/C=N/N(C)c5ccccc5)C(C)(C)c5ccccc54)c4ccccc4C3(C)C)cc2)cc1. The van der Waals surface area contributed by atoms with Gasteiger partial charge in [0.15, 0.2) is 0 Å². The summed E-state index contributed by atoms with van der Waals surface area (Å²) in [6.07, 6.45) is 8.66. The van der Waals surface area contributed by atoms with Crippen LogP contribution >= 0.6 is 0 Å². The lowest BCUT2D eigenvalue weighted by atomic mass is 9.82. The highest BCUT2D eigenvalue weighted by atomic mass is 16.5. The molecular weight excluding hydrogens is 703 g/mol. The Hall–Kier alpha value is -6.02. The molecule has 0 aliphatic carbocycles. The normalized spacial score (nSPS) is 15.4. The Morgan fingerprint density at radius 1 is 0.544 bits per heavy atom. The number of hydrazone groups is 2. The van der Waals surface area contributed by atoms with Gasteiger partial charge in [0, 0.05) is 61.6 Å². The van der Waals surface area contributed by atoms with Gasteiger partial charge in [-0.1, -0.05) is 54.6 Å². The van der Waals surface area contributed by atoms with Gasteiger partial charge in [-0.25, -0.2) is 0 Å². The van der Waals surface area contributed by atoms with Crippen molar-refractivity contribution in [1.29, 1.82) is 0 Å². The number of anilines is 4. The largest absolute Gasteiger partial charge is 0.497 e. The summed E-state index contributed by atoms with van der Waals surface area (Å²) in [5.74, 6) is 0.840. The molecule has 7 rings (SSSR count). The highest BCUT2D eigenvalue weighted by Crippen LogP contribution is 2.40. The first-order valence-corrected chi connectivity index (χ1v) is 20.2. The van der Waals surface area contributed by atoms with Crippen LogP contribution in [0.25, 0.3) is 0 Å². The predicted molar refractivity (Wildman–Crippen MR) is 240 cm³/mol. The summed E-state index contributed by atoms with van der Waals surface area (Å²) >= 11 is 0. The molecule has 0 unspecified atom stereocenters. The van der Waals surface area contributed by atoms with Crippen molar-refractivity contribution in [3.63, 3.8) is 0 Å². The number of methoxy groups -OCH3 is 1. The van der Waals surface area contributed by atoms with Gasteiger partial charge < -0.3 is 10.1 Å². The molecule has 0 saturated carbocycles. The van der Waals surface area contributed by atoms with E-state index in [4.69, 9.17) is 14.9 Å². The number of hydrogen-bond donors (Lipinski definition) is 1. The molecule has 1 N–H and O–H groups in total. The first kappa shape index (κ1) is 39.2. The van der Waals surface area contributed by atoms with Crippen LogP contribution in [0.2, 0.25) is 0 Å². The van der Waals surface area contributed by atoms with Crippen LogP contribution in [0.5, 0.6) is 5.75 Å². The van der Waals surface area contributed by atoms with E-state index < -0.39 is 0 Å². The summed E-state index contributed by atoms with van der Waals surface area (Å²) in [6, 6.07) is 44.3. The number of para-hydroxylation sites is 3. The van der Waals surface area contributed by atoms with Gasteiger partial charge in [0.05, 0.1) is 29.3 Å². The topological polar surface area (TPSA) is 58.5 Å². The third-order valence-corrected chi connectivity index (χ3v) is 11.6. The van der Waals surface area contributed by atoms with Crippen LogP contribution in [-0.4, -0.2) is 67.3 Å². The van der Waals surface area contributed by atoms with E-state index in [2.05, 4.69) is 152 Å². The van der Waals surface area contributed by atoms with Gasteiger partial charge >= 0.3 is 0 Å². The first-order valence-electron chi connectivity index (χ1n) is 20.2. The lowest BCUT2D eigenvalue weighted by Gasteiger charge is -2.17. The lowest BCUT2D eigenvalue weighted by molar-refractivity contribution is -0.439. The molecular formula is C49H57N7O+2. The van der Waals surface area contributed by atoms with Crippen LogP contribution in [0.15, 0.2) is 138 Å². The monoisotopic (exact) mass is 759 g/mol. The fraction of sp³-hybridized carbons (Fsp3) is 0.306. The Kier molecular flexibility index (Phi) is 11.7. The number of hydrogen-bond acceptors (Lipinski definition) is 6. The zero-order valence-corrected chi connectivity index (χ0v) is 34.6. The Labute approximate surface area is 339 Å². The number of unbranched alkanes of at least 4 members (excludes halogenated alkanes) is 3. The molecule has 2 heterocycles. The second kappa shape index (κ2) is 17.0. The Bertz CT molecular complexity index is 2290. The second-order valence-electron chi connectivity index (χ2n) is 16.0. The molecule has 0 atom stereocenters. The van der Waals surface area contributed by atoms with Gasteiger partial charge in [-0.15, -0.1) is 0 Å². The van der Waals surface area contributed by atoms with Crippen molar-refractivity contribution in [2.75, 3.05) is 49.6 Å². The fourth-order valence-electron chi connectivity index (χ4n) is 8.18. The van der Waals surface area contributed by atoms with Gasteiger partial charge in [-0.3, -0.25) is 10.0 Å². The van der Waals surface area contributed by atoms with E-state index in [0.29, 0.717) is 0 Å². The van der Waals surface area contributed by atoms with Crippen LogP contribution in [0.1, 0.15) is 64.5 Å². The Morgan fingerprint density at radius 2 is 0.965 bits per heavy atom. The minimum absolute atomic E-state index is 0.131. The van der Waals surface area contributed by atoms with Crippen molar-refractivity contribution >= 4 is 58.0 Å². The molecule has 0 radical (unpaired) electrons. The van der Waals surface area contributed by atoms with Crippen LogP contribution in [0, 0.1) is 0 Å². The third kappa shape index (κ3) is 8.41. The molecule has 0 bridgehead atoms. The van der Waals surface area contributed by atoms with Crippen molar-refractivity contribution in [2.45, 2.75) is 64.2 Å². The molecule has 8 heteroatoms. The zero-order chi connectivity index (χ0) is 40.0. The molecule has 0 fully saturated rings. The van der Waals surface area contributed by atoms with E-state index in [0.717, 1.165) is 67.3 Å². The van der Waals surface area contributed by atoms with Crippen molar-refractivity contribution in [3.8, 4) is 5.75 Å². The van der Waals surface area contributed by atoms with Crippen LogP contribution in [0.4, 0.5) is 34.1 Å². The van der Waals surface area contributed by atoms with E-state index >= 15 is 0 Å². The van der Waals surface area contributed by atoms with Crippen molar-refractivity contribution in [3.05, 3.63) is 139 Å². The van der Waals surface area contributed by atoms with Crippen LogP contribution in [0.3, 0.4) is 0 Å². The summed E-state index contributed by atoms with van der Waals surface area (Å²) in [7, 11) is 5.71. The van der Waals surface area contributed by atoms with Gasteiger partial charge in [0.25, 0.3) is 0 Å². The molecule has 8 nitrogen and oxygen atoms in total. The molecule has 2 aliphatic rings. The molecule has 0 aromatic heterocycles. The standard InChI is InChI=1S/C49H57N7O/c1-48(2)42-21-13-15-23-44(42)55(46(48)35-50-53(5)39-19-11-10-12-20-39)33-17-8-9-18-34-56-45-24-16-14-22-43(45)49(3,4)47(56)36-51-54(6)40-29-25-37(26-30-40)52-38-27-31-41(57-7)32-28-38/h10-16,19-32,35-36,52H,8-9,17-18,33-34H2,1-7H3/q+2. The predicted octanol–water partition coefficient (Wildman–Crippen LogP) is 10.7. The number of fused-ring (bicyclic) bond motifs is 2. The van der Waals surface area contributed by atoms with E-state index in [1.54, 1.807) is 7.11 Å². The van der Waals surface area contributed by atoms with E-state index in [1.165, 1.54) is 33.9 Å². The van der Waals surface area contributed by atoms with Crippen molar-refractivity contribution < 1.29 is 13.9 Å². The average Bonchev–Trinajstić information content (AvgIpc) is 3.58. The Balaban J connectivity index is 1.01. The maximum atomic E-state index is 5.29. The number of benzene rings is 5. The van der Waals surface area contributed by atoms with Gasteiger partial charge in [-0.05, 0) is 101 Å². The first-order chi connectivity index (χ1) is 27.6. The molecule has 5 aromatic carbocycles. The smallest absolute Gasteiger partial charge is 0.212 e. The van der Waals surface area contributed by atoms with Gasteiger partial charge in [0.1, 0.15) is 31.3 Å². The maximum Gasteiger partial charge on any atom is 0.212 e. The quantitative estimate of drug-likeness (QED) is 0.0471. The molecule has 0 spiro atoms. The lowest BCUT2D eigenvalue weighted by Crippen LogP contribution is -2.32. The van der Waals surface area contributed by atoms with Gasteiger partial charge in [0.2, 0.25) is 22.8 Å². The highest BCUT2D eigenvalue weighted by Gasteiger charge is 2.45. The minimum Gasteiger partial charge on any atom is -0.497 e. The number of nitrogens with one attached hydrogen (secondary N) is 1. The van der Waals surface area contributed by atoms with Crippen molar-refractivity contribution in [2.24, 2.45) is 10.2 Å². The summed E-state index contributed by atoms with van der Waals surface area (Å²) in [5.41, 5.74) is 11.6. The molecule has 57 heavy (non-hydrogen) atoms. The minimum atomic E-state index is -0.161. The number of nitrogens with zero attached hydrogens (tertiary/aromatic N) is 6. The number of ether oxygens (including phenoxy) is 1. The van der Waals surface area contributed by atoms with E-state index in [-0.39, 0.29) is 10.8 Å². The summed E-state index contributed by atoms with van der Waals surface area (Å²) in [6.45, 7) is 11.2. The second-order valence-corrected chi connectivity index (χ2v) is 16.0. The summed E-state index contributed by atoms with van der Waals surface area (Å²) < 4.78 is 10.3. The zero-order valence-electron chi connectivity index (χ0n) is 34.6. The van der Waals surface area contributed by atoms with Crippen LogP contribution < -0.4 is 20.1 Å². The van der Waals surface area contributed by atoms with Gasteiger partial charge in [-0.2, -0.15) is 19.4 Å². The molecule has 0 amide bonds. The van der Waals surface area contributed by atoms with Crippen LogP contribution in [-0.2, 0) is 10.8 Å². The van der Waals surface area contributed by atoms with Crippen molar-refractivity contribution in [1.82, 2.24) is 0 Å².